The van der Waals surface area contributed by atoms with Gasteiger partial charge in [0.15, 0.2) is 0 Å². The topological polar surface area (TPSA) is 69.6 Å². The van der Waals surface area contributed by atoms with Crippen LogP contribution in [-0.4, -0.2) is 29.3 Å². The van der Waals surface area contributed by atoms with E-state index < -0.39 is 5.97 Å². The molecule has 0 aromatic heterocycles. The molecule has 1 fully saturated rings. The molecule has 1 saturated carbocycles. The molecule has 0 radical (unpaired) electrons. The van der Waals surface area contributed by atoms with Crippen molar-refractivity contribution in [2.75, 3.05) is 18.5 Å². The first kappa shape index (κ1) is 14.2. The number of nitrogens with one attached hydrogen (secondary N) is 1. The van der Waals surface area contributed by atoms with Crippen molar-refractivity contribution in [3.05, 3.63) is 28.8 Å². The fourth-order valence-corrected chi connectivity index (χ4v) is 2.93. The summed E-state index contributed by atoms with van der Waals surface area (Å²) in [6.45, 7) is 1.03. The number of halogens is 1. The van der Waals surface area contributed by atoms with E-state index >= 15 is 0 Å². The van der Waals surface area contributed by atoms with Gasteiger partial charge in [-0.2, -0.15) is 0 Å². The Hall–Kier alpha value is -1.26. The zero-order valence-electron chi connectivity index (χ0n) is 10.6. The van der Waals surface area contributed by atoms with E-state index in [2.05, 4.69) is 5.32 Å². The van der Waals surface area contributed by atoms with Gasteiger partial charge in [0.1, 0.15) is 0 Å². The highest BCUT2D eigenvalue weighted by Crippen LogP contribution is 2.31. The molecule has 2 unspecified atom stereocenters. The number of carboxylic acid groups (broad SMARTS) is 1. The second kappa shape index (κ2) is 6.26. The largest absolute Gasteiger partial charge is 0.478 e. The highest BCUT2D eigenvalue weighted by atomic mass is 35.5. The number of hydrogen-bond acceptors (Lipinski definition) is 3. The molecule has 0 amide bonds. The number of aliphatic hydroxyl groups excluding tert-OH is 1. The Bertz CT molecular complexity index is 464. The molecule has 2 atom stereocenters. The van der Waals surface area contributed by atoms with Crippen LogP contribution in [0.25, 0.3) is 0 Å². The fraction of sp³-hybridized carbons (Fsp3) is 0.500. The second-order valence-corrected chi connectivity index (χ2v) is 5.42. The minimum atomic E-state index is -1.02. The summed E-state index contributed by atoms with van der Waals surface area (Å²) in [5.74, 6) is -0.170. The van der Waals surface area contributed by atoms with Gasteiger partial charge in [-0.25, -0.2) is 4.79 Å². The van der Waals surface area contributed by atoms with Crippen LogP contribution in [0, 0.1) is 11.8 Å². The minimum Gasteiger partial charge on any atom is -0.478 e. The Morgan fingerprint density at radius 2 is 2.11 bits per heavy atom. The Labute approximate surface area is 117 Å². The number of carbonyl (C=O) groups is 1. The van der Waals surface area contributed by atoms with E-state index in [1.165, 1.54) is 6.07 Å². The van der Waals surface area contributed by atoms with Gasteiger partial charge in [0.2, 0.25) is 0 Å². The van der Waals surface area contributed by atoms with Crippen LogP contribution < -0.4 is 5.32 Å². The van der Waals surface area contributed by atoms with Crippen LogP contribution in [0.3, 0.4) is 0 Å². The summed E-state index contributed by atoms with van der Waals surface area (Å²) < 4.78 is 0. The van der Waals surface area contributed by atoms with E-state index in [0.717, 1.165) is 31.5 Å². The summed E-state index contributed by atoms with van der Waals surface area (Å²) in [4.78, 5) is 10.8. The Morgan fingerprint density at radius 3 is 2.74 bits per heavy atom. The summed E-state index contributed by atoms with van der Waals surface area (Å²) in [6.07, 6.45) is 3.37. The summed E-state index contributed by atoms with van der Waals surface area (Å²) in [6, 6.07) is 4.86. The predicted molar refractivity (Wildman–Crippen MR) is 74.8 cm³/mol. The number of rotatable bonds is 5. The van der Waals surface area contributed by atoms with Crippen LogP contribution in [0.1, 0.15) is 29.6 Å². The van der Waals surface area contributed by atoms with E-state index in [1.807, 2.05) is 0 Å². The number of hydrogen-bond donors (Lipinski definition) is 3. The zero-order valence-corrected chi connectivity index (χ0v) is 11.4. The first-order chi connectivity index (χ1) is 9.11. The molecule has 0 spiro atoms. The highest BCUT2D eigenvalue weighted by molar-refractivity contribution is 6.33. The van der Waals surface area contributed by atoms with Crippen LogP contribution in [0.4, 0.5) is 5.69 Å². The van der Waals surface area contributed by atoms with Crippen molar-refractivity contribution in [2.24, 2.45) is 11.8 Å². The second-order valence-electron chi connectivity index (χ2n) is 5.01. The summed E-state index contributed by atoms with van der Waals surface area (Å²) in [5.41, 5.74) is 0.930. The molecule has 4 nitrogen and oxygen atoms in total. The molecule has 19 heavy (non-hydrogen) atoms. The smallest absolute Gasteiger partial charge is 0.337 e. The van der Waals surface area contributed by atoms with Gasteiger partial charge in [-0.3, -0.25) is 0 Å². The average molecular weight is 284 g/mol. The summed E-state index contributed by atoms with van der Waals surface area (Å²) >= 11 is 5.91. The molecular weight excluding hydrogens is 266 g/mol. The van der Waals surface area contributed by atoms with Gasteiger partial charge in [0, 0.05) is 18.8 Å². The number of aromatic carboxylic acids is 1. The van der Waals surface area contributed by atoms with E-state index in [4.69, 9.17) is 16.7 Å². The van der Waals surface area contributed by atoms with E-state index in [-0.39, 0.29) is 17.2 Å². The minimum absolute atomic E-state index is 0.112. The molecule has 0 saturated heterocycles. The van der Waals surface area contributed by atoms with Gasteiger partial charge in [0.25, 0.3) is 0 Å². The lowest BCUT2D eigenvalue weighted by atomic mass is 9.97. The van der Waals surface area contributed by atoms with E-state index in [0.29, 0.717) is 11.8 Å². The molecule has 104 valence electrons. The maximum atomic E-state index is 10.8. The van der Waals surface area contributed by atoms with Crippen molar-refractivity contribution in [1.29, 1.82) is 0 Å². The molecule has 2 rings (SSSR count). The standard InChI is InChI=1S/C14H18ClNO3/c15-13-6-11(4-5-12(13)14(18)19)16-7-9-2-1-3-10(9)8-17/h4-6,9-10,16-17H,1-3,7-8H2,(H,18,19). The van der Waals surface area contributed by atoms with Crippen molar-refractivity contribution in [2.45, 2.75) is 19.3 Å². The number of carboxylic acids is 1. The lowest BCUT2D eigenvalue weighted by Crippen LogP contribution is -2.20. The number of benzene rings is 1. The van der Waals surface area contributed by atoms with Gasteiger partial charge in [-0.15, -0.1) is 0 Å². The lowest BCUT2D eigenvalue weighted by Gasteiger charge is -2.18. The van der Waals surface area contributed by atoms with Crippen LogP contribution >= 0.6 is 11.6 Å². The van der Waals surface area contributed by atoms with Crippen molar-refractivity contribution < 1.29 is 15.0 Å². The van der Waals surface area contributed by atoms with Crippen molar-refractivity contribution in [3.63, 3.8) is 0 Å². The summed E-state index contributed by atoms with van der Waals surface area (Å²) in [7, 11) is 0. The highest BCUT2D eigenvalue weighted by Gasteiger charge is 2.26. The molecule has 0 aliphatic heterocycles. The molecule has 0 bridgehead atoms. The molecule has 1 aromatic rings. The maximum absolute atomic E-state index is 10.8. The van der Waals surface area contributed by atoms with Crippen LogP contribution in [0.5, 0.6) is 0 Å². The predicted octanol–water partition coefficient (Wildman–Crippen LogP) is 2.86. The fourth-order valence-electron chi connectivity index (χ4n) is 2.67. The van der Waals surface area contributed by atoms with Gasteiger partial charge in [-0.1, -0.05) is 18.0 Å². The lowest BCUT2D eigenvalue weighted by molar-refractivity contribution is 0.0697. The first-order valence-electron chi connectivity index (χ1n) is 6.49. The summed E-state index contributed by atoms with van der Waals surface area (Å²) in [5, 5.41) is 21.7. The van der Waals surface area contributed by atoms with Gasteiger partial charge in [-0.05, 0) is 42.9 Å². The Balaban J connectivity index is 1.96. The molecular formula is C14H18ClNO3. The zero-order chi connectivity index (χ0) is 13.8. The van der Waals surface area contributed by atoms with Gasteiger partial charge >= 0.3 is 5.97 Å². The van der Waals surface area contributed by atoms with Gasteiger partial charge in [0.05, 0.1) is 10.6 Å². The monoisotopic (exact) mass is 283 g/mol. The van der Waals surface area contributed by atoms with Crippen LogP contribution in [0.15, 0.2) is 18.2 Å². The molecule has 1 aliphatic carbocycles. The van der Waals surface area contributed by atoms with E-state index in [1.54, 1.807) is 12.1 Å². The number of anilines is 1. The van der Waals surface area contributed by atoms with Gasteiger partial charge < -0.3 is 15.5 Å². The third-order valence-corrected chi connectivity index (χ3v) is 4.13. The SMILES string of the molecule is O=C(O)c1ccc(NCC2CCCC2CO)cc1Cl. The number of aliphatic hydroxyl groups is 1. The van der Waals surface area contributed by atoms with Crippen molar-refractivity contribution in [1.82, 2.24) is 0 Å². The molecule has 0 heterocycles. The normalized spacial score (nSPS) is 22.4. The average Bonchev–Trinajstić information content (AvgIpc) is 2.83. The first-order valence-corrected chi connectivity index (χ1v) is 6.87. The molecule has 5 heteroatoms. The molecule has 3 N–H and O–H groups in total. The van der Waals surface area contributed by atoms with Crippen molar-refractivity contribution in [3.8, 4) is 0 Å². The van der Waals surface area contributed by atoms with Crippen molar-refractivity contribution >= 4 is 23.3 Å². The third-order valence-electron chi connectivity index (χ3n) is 3.82. The maximum Gasteiger partial charge on any atom is 0.337 e. The molecule has 1 aliphatic rings. The molecule has 1 aromatic carbocycles. The van der Waals surface area contributed by atoms with Crippen LogP contribution in [0.2, 0.25) is 5.02 Å². The van der Waals surface area contributed by atoms with E-state index in [9.17, 15) is 9.90 Å². The third kappa shape index (κ3) is 3.39. The Morgan fingerprint density at radius 1 is 1.37 bits per heavy atom. The van der Waals surface area contributed by atoms with Crippen LogP contribution in [-0.2, 0) is 0 Å². The Kier molecular flexibility index (Phi) is 4.66. The quantitative estimate of drug-likeness (QED) is 0.777.